The Hall–Kier alpha value is -2.20. The molecule has 0 saturated carbocycles. The molecular formula is C25H33FN2O. The molecule has 1 heterocycles. The monoisotopic (exact) mass is 396 g/mol. The summed E-state index contributed by atoms with van der Waals surface area (Å²) in [6.45, 7) is 11.3. The number of halogens is 1. The van der Waals surface area contributed by atoms with Crippen molar-refractivity contribution in [2.45, 2.75) is 58.5 Å². The minimum Gasteiger partial charge on any atom is -0.349 e. The van der Waals surface area contributed by atoms with Gasteiger partial charge in [0.1, 0.15) is 5.82 Å². The first-order chi connectivity index (χ1) is 13.7. The molecule has 1 fully saturated rings. The van der Waals surface area contributed by atoms with Crippen molar-refractivity contribution in [1.29, 1.82) is 0 Å². The molecule has 0 unspecified atom stereocenters. The van der Waals surface area contributed by atoms with Crippen LogP contribution in [0.5, 0.6) is 0 Å². The predicted octanol–water partition coefficient (Wildman–Crippen LogP) is 5.21. The number of hydrogen-bond donors (Lipinski definition) is 1. The third-order valence-corrected chi connectivity index (χ3v) is 5.91. The van der Waals surface area contributed by atoms with Crippen LogP contribution in [-0.2, 0) is 16.8 Å². The van der Waals surface area contributed by atoms with Crippen molar-refractivity contribution in [2.24, 2.45) is 5.92 Å². The van der Waals surface area contributed by atoms with E-state index in [1.807, 2.05) is 19.1 Å². The lowest BCUT2D eigenvalue weighted by Crippen LogP contribution is -2.40. The van der Waals surface area contributed by atoms with Crippen LogP contribution in [0.4, 0.5) is 4.39 Å². The van der Waals surface area contributed by atoms with Crippen LogP contribution in [0.1, 0.15) is 63.3 Å². The predicted molar refractivity (Wildman–Crippen MR) is 116 cm³/mol. The van der Waals surface area contributed by atoms with Gasteiger partial charge in [-0.3, -0.25) is 9.69 Å². The Morgan fingerprint density at radius 3 is 2.21 bits per heavy atom. The van der Waals surface area contributed by atoms with Gasteiger partial charge in [0.15, 0.2) is 0 Å². The summed E-state index contributed by atoms with van der Waals surface area (Å²) in [6.07, 6.45) is 1.73. The molecule has 1 aliphatic heterocycles. The maximum atomic E-state index is 13.0. The van der Waals surface area contributed by atoms with E-state index in [4.69, 9.17) is 0 Å². The zero-order valence-corrected chi connectivity index (χ0v) is 18.0. The van der Waals surface area contributed by atoms with Crippen molar-refractivity contribution in [2.75, 3.05) is 13.1 Å². The molecule has 0 spiro atoms. The van der Waals surface area contributed by atoms with Gasteiger partial charge < -0.3 is 5.32 Å². The Kier molecular flexibility index (Phi) is 6.74. The Balaban J connectivity index is 1.48. The Bertz CT molecular complexity index is 800. The highest BCUT2D eigenvalue weighted by Crippen LogP contribution is 2.25. The van der Waals surface area contributed by atoms with Crippen molar-refractivity contribution >= 4 is 5.91 Å². The normalized spacial score (nSPS) is 17.1. The summed E-state index contributed by atoms with van der Waals surface area (Å²) in [5.74, 6) is 0.0147. The highest BCUT2D eigenvalue weighted by molar-refractivity contribution is 5.79. The zero-order valence-electron chi connectivity index (χ0n) is 18.0. The molecule has 1 amide bonds. The van der Waals surface area contributed by atoms with Gasteiger partial charge in [-0.1, -0.05) is 57.2 Å². The number of hydrogen-bond acceptors (Lipinski definition) is 2. The number of carbonyl (C=O) groups excluding carboxylic acids is 1. The fourth-order valence-corrected chi connectivity index (χ4v) is 3.89. The topological polar surface area (TPSA) is 32.3 Å². The van der Waals surface area contributed by atoms with Crippen LogP contribution in [0.3, 0.4) is 0 Å². The number of carbonyl (C=O) groups is 1. The van der Waals surface area contributed by atoms with Gasteiger partial charge in [0.2, 0.25) is 5.91 Å². The van der Waals surface area contributed by atoms with Gasteiger partial charge in [-0.2, -0.15) is 0 Å². The summed E-state index contributed by atoms with van der Waals surface area (Å²) in [4.78, 5) is 15.1. The molecule has 1 saturated heterocycles. The van der Waals surface area contributed by atoms with Gasteiger partial charge >= 0.3 is 0 Å². The lowest BCUT2D eigenvalue weighted by Gasteiger charge is -2.32. The van der Waals surface area contributed by atoms with Crippen LogP contribution in [0.15, 0.2) is 48.5 Å². The van der Waals surface area contributed by atoms with E-state index >= 15 is 0 Å². The Morgan fingerprint density at radius 2 is 1.66 bits per heavy atom. The SMILES string of the molecule is C[C@H](NC(=O)C1CCN(Cc2ccc(F)cc2)CC1)c1ccc(C(C)(C)C)cc1. The number of nitrogens with zero attached hydrogens (tertiary/aromatic N) is 1. The lowest BCUT2D eigenvalue weighted by atomic mass is 9.86. The molecule has 0 bridgehead atoms. The minimum atomic E-state index is -0.203. The number of amides is 1. The van der Waals surface area contributed by atoms with E-state index in [9.17, 15) is 9.18 Å². The maximum Gasteiger partial charge on any atom is 0.223 e. The van der Waals surface area contributed by atoms with Crippen molar-refractivity contribution in [1.82, 2.24) is 10.2 Å². The molecule has 0 aromatic heterocycles. The van der Waals surface area contributed by atoms with Crippen LogP contribution >= 0.6 is 0 Å². The van der Waals surface area contributed by atoms with E-state index in [0.717, 1.165) is 43.6 Å². The summed E-state index contributed by atoms with van der Waals surface area (Å²) in [5, 5.41) is 3.20. The highest BCUT2D eigenvalue weighted by atomic mass is 19.1. The van der Waals surface area contributed by atoms with Crippen LogP contribution in [0.2, 0.25) is 0 Å². The molecule has 3 nitrogen and oxygen atoms in total. The minimum absolute atomic E-state index is 0.00811. The van der Waals surface area contributed by atoms with Crippen molar-refractivity contribution in [3.8, 4) is 0 Å². The summed E-state index contributed by atoms with van der Waals surface area (Å²) >= 11 is 0. The van der Waals surface area contributed by atoms with Gasteiger partial charge in [0.25, 0.3) is 0 Å². The summed E-state index contributed by atoms with van der Waals surface area (Å²) in [7, 11) is 0. The number of nitrogens with one attached hydrogen (secondary N) is 1. The molecule has 1 N–H and O–H groups in total. The van der Waals surface area contributed by atoms with Gasteiger partial charge in [0, 0.05) is 12.5 Å². The summed E-state index contributed by atoms with van der Waals surface area (Å²) < 4.78 is 13.0. The second-order valence-corrected chi connectivity index (χ2v) is 9.28. The lowest BCUT2D eigenvalue weighted by molar-refractivity contribution is -0.127. The average Bonchev–Trinajstić information content (AvgIpc) is 2.69. The van der Waals surface area contributed by atoms with E-state index in [1.54, 1.807) is 0 Å². The van der Waals surface area contributed by atoms with E-state index in [2.05, 4.69) is 55.3 Å². The molecule has 0 radical (unpaired) electrons. The fraction of sp³-hybridized carbons (Fsp3) is 0.480. The number of rotatable bonds is 5. The maximum absolute atomic E-state index is 13.0. The Labute approximate surface area is 174 Å². The third kappa shape index (κ3) is 5.89. The van der Waals surface area contributed by atoms with Crippen LogP contribution in [0, 0.1) is 11.7 Å². The Morgan fingerprint density at radius 1 is 1.07 bits per heavy atom. The van der Waals surface area contributed by atoms with E-state index in [0.29, 0.717) is 0 Å². The van der Waals surface area contributed by atoms with Crippen molar-refractivity contribution < 1.29 is 9.18 Å². The molecule has 29 heavy (non-hydrogen) atoms. The smallest absolute Gasteiger partial charge is 0.223 e. The molecule has 4 heteroatoms. The van der Waals surface area contributed by atoms with Crippen molar-refractivity contribution in [3.63, 3.8) is 0 Å². The van der Waals surface area contributed by atoms with Crippen LogP contribution < -0.4 is 5.32 Å². The fourth-order valence-electron chi connectivity index (χ4n) is 3.89. The standard InChI is InChI=1S/C25H33FN2O/c1-18(20-7-9-22(10-8-20)25(2,3)4)27-24(29)21-13-15-28(16-14-21)17-19-5-11-23(26)12-6-19/h5-12,18,21H,13-17H2,1-4H3,(H,27,29)/t18-/m0/s1. The second-order valence-electron chi connectivity index (χ2n) is 9.28. The van der Waals surface area contributed by atoms with Gasteiger partial charge in [-0.15, -0.1) is 0 Å². The van der Waals surface area contributed by atoms with Gasteiger partial charge in [-0.05, 0) is 67.1 Å². The molecule has 2 aromatic carbocycles. The third-order valence-electron chi connectivity index (χ3n) is 5.91. The van der Waals surface area contributed by atoms with E-state index in [1.165, 1.54) is 17.7 Å². The quantitative estimate of drug-likeness (QED) is 0.752. The molecule has 2 aromatic rings. The van der Waals surface area contributed by atoms with Crippen LogP contribution in [0.25, 0.3) is 0 Å². The van der Waals surface area contributed by atoms with Crippen LogP contribution in [-0.4, -0.2) is 23.9 Å². The second kappa shape index (κ2) is 9.08. The van der Waals surface area contributed by atoms with Gasteiger partial charge in [-0.25, -0.2) is 4.39 Å². The average molecular weight is 397 g/mol. The molecule has 3 rings (SSSR count). The molecule has 1 aliphatic rings. The van der Waals surface area contributed by atoms with Crippen molar-refractivity contribution in [3.05, 3.63) is 71.0 Å². The summed E-state index contributed by atoms with van der Waals surface area (Å²) in [6, 6.07) is 15.2. The first-order valence-corrected chi connectivity index (χ1v) is 10.6. The number of benzene rings is 2. The molecule has 1 atom stereocenters. The first kappa shape index (κ1) is 21.5. The molecular weight excluding hydrogens is 363 g/mol. The highest BCUT2D eigenvalue weighted by Gasteiger charge is 2.26. The largest absolute Gasteiger partial charge is 0.349 e. The van der Waals surface area contributed by atoms with E-state index in [-0.39, 0.29) is 29.1 Å². The van der Waals surface area contributed by atoms with E-state index < -0.39 is 0 Å². The summed E-state index contributed by atoms with van der Waals surface area (Å²) in [5.41, 5.74) is 3.68. The van der Waals surface area contributed by atoms with Gasteiger partial charge in [0.05, 0.1) is 6.04 Å². The number of piperidine rings is 1. The zero-order chi connectivity index (χ0) is 21.0. The number of likely N-dealkylation sites (tertiary alicyclic amines) is 1. The molecule has 0 aliphatic carbocycles. The molecule has 156 valence electrons. The first-order valence-electron chi connectivity index (χ1n) is 10.6.